The Balaban J connectivity index is 1.38. The highest BCUT2D eigenvalue weighted by Crippen LogP contribution is 2.39. The first-order chi connectivity index (χ1) is 13.5. The Hall–Kier alpha value is -1.10. The van der Waals surface area contributed by atoms with Crippen LogP contribution in [0.5, 0.6) is 0 Å². The summed E-state index contributed by atoms with van der Waals surface area (Å²) in [6, 6.07) is 0. The van der Waals surface area contributed by atoms with E-state index in [1.54, 1.807) is 0 Å². The van der Waals surface area contributed by atoms with E-state index in [9.17, 15) is 9.59 Å². The van der Waals surface area contributed by atoms with Crippen LogP contribution in [0.4, 0.5) is 0 Å². The van der Waals surface area contributed by atoms with Crippen LogP contribution in [0.1, 0.15) is 79.6 Å². The average molecular weight is 406 g/mol. The molecule has 0 aromatic rings. The molecule has 2 heterocycles. The number of hydrogen-bond donors (Lipinski definition) is 0. The van der Waals surface area contributed by atoms with E-state index in [2.05, 4.69) is 39.5 Å². The lowest BCUT2D eigenvalue weighted by atomic mass is 9.72. The van der Waals surface area contributed by atoms with Crippen molar-refractivity contribution >= 4 is 11.8 Å². The SMILES string of the molecule is CC1(C)CCC(CCC(=O)N2CCN(C(=O)C3CCN(C(C)(C)C)C3)CC2)CC1. The Kier molecular flexibility index (Phi) is 6.97. The first kappa shape index (κ1) is 22.6. The van der Waals surface area contributed by atoms with Gasteiger partial charge in [0.2, 0.25) is 11.8 Å². The Morgan fingerprint density at radius 2 is 1.48 bits per heavy atom. The standard InChI is InChI=1S/C24H43N3O2/c1-23(2,3)27-13-10-20(18-27)22(29)26-16-14-25(15-17-26)21(28)7-6-19-8-11-24(4,5)12-9-19/h19-20H,6-18H2,1-5H3. The molecule has 2 amide bonds. The van der Waals surface area contributed by atoms with E-state index in [0.717, 1.165) is 31.8 Å². The van der Waals surface area contributed by atoms with Crippen molar-refractivity contribution < 1.29 is 9.59 Å². The highest BCUT2D eigenvalue weighted by atomic mass is 16.2. The summed E-state index contributed by atoms with van der Waals surface area (Å²) in [6.45, 7) is 16.1. The van der Waals surface area contributed by atoms with Crippen molar-refractivity contribution in [3.63, 3.8) is 0 Å². The Morgan fingerprint density at radius 1 is 0.897 bits per heavy atom. The third-order valence-electron chi connectivity index (χ3n) is 7.66. The largest absolute Gasteiger partial charge is 0.339 e. The van der Waals surface area contributed by atoms with E-state index in [-0.39, 0.29) is 11.5 Å². The zero-order chi connectivity index (χ0) is 21.2. The van der Waals surface area contributed by atoms with Crippen LogP contribution in [0.15, 0.2) is 0 Å². The summed E-state index contributed by atoms with van der Waals surface area (Å²) in [4.78, 5) is 32.0. The lowest BCUT2D eigenvalue weighted by Crippen LogP contribution is -2.52. The fraction of sp³-hybridized carbons (Fsp3) is 0.917. The highest BCUT2D eigenvalue weighted by molar-refractivity contribution is 5.80. The van der Waals surface area contributed by atoms with Gasteiger partial charge in [0.1, 0.15) is 0 Å². The van der Waals surface area contributed by atoms with Crippen molar-refractivity contribution in [2.45, 2.75) is 85.1 Å². The van der Waals surface area contributed by atoms with Gasteiger partial charge in [-0.15, -0.1) is 0 Å². The van der Waals surface area contributed by atoms with Crippen molar-refractivity contribution in [1.29, 1.82) is 0 Å². The number of nitrogens with zero attached hydrogens (tertiary/aromatic N) is 3. The number of hydrogen-bond acceptors (Lipinski definition) is 3. The van der Waals surface area contributed by atoms with E-state index in [1.165, 1.54) is 25.7 Å². The molecule has 0 N–H and O–H groups in total. The molecular formula is C24H43N3O2. The molecule has 5 heteroatoms. The molecule has 0 aromatic carbocycles. The van der Waals surface area contributed by atoms with Crippen molar-refractivity contribution in [2.75, 3.05) is 39.3 Å². The molecule has 29 heavy (non-hydrogen) atoms. The molecule has 0 radical (unpaired) electrons. The maximum Gasteiger partial charge on any atom is 0.227 e. The van der Waals surface area contributed by atoms with Gasteiger partial charge >= 0.3 is 0 Å². The summed E-state index contributed by atoms with van der Waals surface area (Å²) < 4.78 is 0. The van der Waals surface area contributed by atoms with Crippen LogP contribution >= 0.6 is 0 Å². The van der Waals surface area contributed by atoms with Gasteiger partial charge in [-0.05, 0) is 77.2 Å². The molecule has 1 saturated carbocycles. The molecule has 3 fully saturated rings. The molecule has 0 bridgehead atoms. The maximum absolute atomic E-state index is 12.9. The molecule has 5 nitrogen and oxygen atoms in total. The molecule has 0 spiro atoms. The molecule has 2 aliphatic heterocycles. The summed E-state index contributed by atoms with van der Waals surface area (Å²) >= 11 is 0. The number of amides is 2. The normalized spacial score (nSPS) is 26.7. The van der Waals surface area contributed by atoms with E-state index in [0.29, 0.717) is 49.8 Å². The fourth-order valence-corrected chi connectivity index (χ4v) is 5.24. The number of likely N-dealkylation sites (tertiary alicyclic amines) is 1. The molecule has 0 aromatic heterocycles. The zero-order valence-corrected chi connectivity index (χ0v) is 19.5. The number of piperazine rings is 1. The first-order valence-electron chi connectivity index (χ1n) is 11.9. The highest BCUT2D eigenvalue weighted by Gasteiger charge is 2.37. The van der Waals surface area contributed by atoms with Crippen LogP contribution in [0, 0.1) is 17.3 Å². The Bertz CT molecular complexity index is 577. The van der Waals surface area contributed by atoms with E-state index in [1.807, 2.05) is 9.80 Å². The second-order valence-electron chi connectivity index (χ2n) is 11.5. The number of carbonyl (C=O) groups is 2. The van der Waals surface area contributed by atoms with Gasteiger partial charge in [0.25, 0.3) is 0 Å². The van der Waals surface area contributed by atoms with Crippen molar-refractivity contribution in [1.82, 2.24) is 14.7 Å². The third kappa shape index (κ3) is 5.96. The summed E-state index contributed by atoms with van der Waals surface area (Å²) in [5.41, 5.74) is 0.626. The van der Waals surface area contributed by atoms with Gasteiger partial charge < -0.3 is 9.80 Å². The van der Waals surface area contributed by atoms with E-state index < -0.39 is 0 Å². The Labute approximate surface area is 178 Å². The average Bonchev–Trinajstić information content (AvgIpc) is 3.17. The minimum absolute atomic E-state index is 0.132. The number of carbonyl (C=O) groups excluding carboxylic acids is 2. The summed E-state index contributed by atoms with van der Waals surface area (Å²) in [5.74, 6) is 1.45. The second kappa shape index (κ2) is 8.95. The number of rotatable bonds is 4. The molecule has 166 valence electrons. The third-order valence-corrected chi connectivity index (χ3v) is 7.66. The zero-order valence-electron chi connectivity index (χ0n) is 19.5. The van der Waals surface area contributed by atoms with Gasteiger partial charge in [-0.3, -0.25) is 14.5 Å². The van der Waals surface area contributed by atoms with Gasteiger partial charge in [-0.25, -0.2) is 0 Å². The first-order valence-corrected chi connectivity index (χ1v) is 11.9. The quantitative estimate of drug-likeness (QED) is 0.715. The summed E-state index contributed by atoms with van der Waals surface area (Å²) in [6.07, 6.45) is 7.82. The predicted molar refractivity (Wildman–Crippen MR) is 118 cm³/mol. The van der Waals surface area contributed by atoms with Crippen molar-refractivity contribution in [3.8, 4) is 0 Å². The van der Waals surface area contributed by atoms with Crippen LogP contribution in [0.25, 0.3) is 0 Å². The minimum atomic E-state index is 0.132. The van der Waals surface area contributed by atoms with Gasteiger partial charge in [0, 0.05) is 44.7 Å². The van der Waals surface area contributed by atoms with Crippen LogP contribution in [-0.2, 0) is 9.59 Å². The van der Waals surface area contributed by atoms with E-state index in [4.69, 9.17) is 0 Å². The van der Waals surface area contributed by atoms with Gasteiger partial charge in [-0.1, -0.05) is 13.8 Å². The second-order valence-corrected chi connectivity index (χ2v) is 11.5. The topological polar surface area (TPSA) is 43.9 Å². The van der Waals surface area contributed by atoms with Crippen LogP contribution in [0.3, 0.4) is 0 Å². The molecule has 3 rings (SSSR count). The predicted octanol–water partition coefficient (Wildman–Crippen LogP) is 3.77. The summed E-state index contributed by atoms with van der Waals surface area (Å²) in [7, 11) is 0. The molecule has 1 unspecified atom stereocenters. The molecule has 1 atom stereocenters. The summed E-state index contributed by atoms with van der Waals surface area (Å²) in [5, 5.41) is 0. The lowest BCUT2D eigenvalue weighted by Gasteiger charge is -2.37. The van der Waals surface area contributed by atoms with Gasteiger partial charge in [0.05, 0.1) is 5.92 Å². The monoisotopic (exact) mass is 405 g/mol. The van der Waals surface area contributed by atoms with Crippen molar-refractivity contribution in [3.05, 3.63) is 0 Å². The van der Waals surface area contributed by atoms with Crippen molar-refractivity contribution in [2.24, 2.45) is 17.3 Å². The smallest absolute Gasteiger partial charge is 0.227 e. The van der Waals surface area contributed by atoms with E-state index >= 15 is 0 Å². The van der Waals surface area contributed by atoms with Crippen LogP contribution < -0.4 is 0 Å². The minimum Gasteiger partial charge on any atom is -0.339 e. The molecular weight excluding hydrogens is 362 g/mol. The van der Waals surface area contributed by atoms with Gasteiger partial charge in [-0.2, -0.15) is 0 Å². The molecule has 2 saturated heterocycles. The Morgan fingerprint density at radius 3 is 2.03 bits per heavy atom. The van der Waals surface area contributed by atoms with Gasteiger partial charge in [0.15, 0.2) is 0 Å². The fourth-order valence-electron chi connectivity index (χ4n) is 5.24. The van der Waals surface area contributed by atoms with Crippen LogP contribution in [0.2, 0.25) is 0 Å². The maximum atomic E-state index is 12.9. The molecule has 1 aliphatic carbocycles. The lowest BCUT2D eigenvalue weighted by molar-refractivity contribution is -0.142. The van der Waals surface area contributed by atoms with Crippen LogP contribution in [-0.4, -0.2) is 71.3 Å². The molecule has 3 aliphatic rings.